The van der Waals surface area contributed by atoms with Crippen molar-refractivity contribution in [3.63, 3.8) is 0 Å². The van der Waals surface area contributed by atoms with E-state index in [9.17, 15) is 14.4 Å². The van der Waals surface area contributed by atoms with Crippen LogP contribution in [0.3, 0.4) is 0 Å². The number of para-hydroxylation sites is 1. The van der Waals surface area contributed by atoms with E-state index < -0.39 is 23.6 Å². The van der Waals surface area contributed by atoms with Crippen LogP contribution in [0.2, 0.25) is 5.02 Å². The van der Waals surface area contributed by atoms with Crippen molar-refractivity contribution in [1.29, 1.82) is 5.26 Å². The Kier molecular flexibility index (Phi) is 7.15. The number of rotatable bonds is 4. The van der Waals surface area contributed by atoms with Gasteiger partial charge in [-0.2, -0.15) is 10.2 Å². The van der Waals surface area contributed by atoms with Gasteiger partial charge in [0.25, 0.3) is 6.01 Å². The van der Waals surface area contributed by atoms with Gasteiger partial charge in [0.2, 0.25) is 0 Å². The van der Waals surface area contributed by atoms with Crippen molar-refractivity contribution >= 4 is 34.8 Å². The molecule has 0 bridgehead atoms. The minimum absolute atomic E-state index is 0.0206. The van der Waals surface area contributed by atoms with Crippen molar-refractivity contribution in [3.05, 3.63) is 58.4 Å². The van der Waals surface area contributed by atoms with Crippen molar-refractivity contribution in [2.75, 3.05) is 31.6 Å². The second-order valence-electron chi connectivity index (χ2n) is 9.32. The zero-order valence-electron chi connectivity index (χ0n) is 19.7. The third-order valence-corrected chi connectivity index (χ3v) is 5.83. The van der Waals surface area contributed by atoms with Gasteiger partial charge < -0.3 is 24.1 Å². The van der Waals surface area contributed by atoms with Gasteiger partial charge in [-0.15, -0.1) is 0 Å². The summed E-state index contributed by atoms with van der Waals surface area (Å²) >= 11 is 5.88. The molecule has 1 aromatic heterocycles. The predicted molar refractivity (Wildman–Crippen MR) is 129 cm³/mol. The molecule has 0 radical (unpaired) electrons. The molecule has 0 unspecified atom stereocenters. The first-order valence-electron chi connectivity index (χ1n) is 11.2. The maximum atomic E-state index is 14.3. The van der Waals surface area contributed by atoms with Crippen molar-refractivity contribution in [3.8, 4) is 6.07 Å². The van der Waals surface area contributed by atoms with Gasteiger partial charge >= 0.3 is 6.09 Å². The quantitative estimate of drug-likeness (QED) is 0.502. The first-order valence-corrected chi connectivity index (χ1v) is 11.6. The second-order valence-corrected chi connectivity index (χ2v) is 9.72. The van der Waals surface area contributed by atoms with E-state index in [-0.39, 0.29) is 23.6 Å². The fourth-order valence-corrected chi connectivity index (χ4v) is 4.07. The maximum absolute atomic E-state index is 14.3. The number of benzene rings is 2. The number of oxazole rings is 1. The van der Waals surface area contributed by atoms with E-state index in [0.29, 0.717) is 41.9 Å². The molecule has 0 saturated carbocycles. The third kappa shape index (κ3) is 5.84. The summed E-state index contributed by atoms with van der Waals surface area (Å²) in [6.45, 7) is 6.58. The lowest BCUT2D eigenvalue weighted by molar-refractivity contribution is 0.0231. The van der Waals surface area contributed by atoms with Crippen LogP contribution in [0.4, 0.5) is 15.2 Å². The van der Waals surface area contributed by atoms with Crippen molar-refractivity contribution in [2.45, 2.75) is 32.5 Å². The van der Waals surface area contributed by atoms with Crippen molar-refractivity contribution < 1.29 is 23.1 Å². The van der Waals surface area contributed by atoms with Gasteiger partial charge in [0.15, 0.2) is 5.58 Å². The topological polar surface area (TPSA) is 101 Å². The number of fused-ring (bicyclic) bond motifs is 1. The van der Waals surface area contributed by atoms with Gasteiger partial charge in [0.1, 0.15) is 23.0 Å². The molecule has 2 atom stereocenters. The number of nitrogens with one attached hydrogen (secondary N) is 1. The van der Waals surface area contributed by atoms with Crippen LogP contribution in [0, 0.1) is 23.1 Å². The number of anilines is 1. The molecule has 2 heterocycles. The molecule has 0 spiro atoms. The Morgan fingerprint density at radius 2 is 2.17 bits per heavy atom. The van der Waals surface area contributed by atoms with Gasteiger partial charge in [-0.05, 0) is 50.6 Å². The molecule has 1 fully saturated rings. The van der Waals surface area contributed by atoms with Crippen LogP contribution in [0.1, 0.15) is 38.0 Å². The third-order valence-electron chi connectivity index (χ3n) is 5.52. The minimum Gasteiger partial charge on any atom is -0.444 e. The van der Waals surface area contributed by atoms with Crippen molar-refractivity contribution in [2.24, 2.45) is 5.92 Å². The van der Waals surface area contributed by atoms with E-state index in [1.807, 2.05) is 0 Å². The minimum atomic E-state index is -0.645. The highest BCUT2D eigenvalue weighted by Gasteiger charge is 2.33. The normalized spacial score (nSPS) is 18.7. The summed E-state index contributed by atoms with van der Waals surface area (Å²) in [5.41, 5.74) is 1.31. The van der Waals surface area contributed by atoms with E-state index in [4.69, 9.17) is 25.5 Å². The fourth-order valence-electron chi connectivity index (χ4n) is 3.95. The van der Waals surface area contributed by atoms with Gasteiger partial charge in [-0.25, -0.2) is 9.18 Å². The molecule has 4 rings (SSSR count). The molecule has 2 aromatic carbocycles. The predicted octanol–water partition coefficient (Wildman–Crippen LogP) is 5.53. The van der Waals surface area contributed by atoms with Crippen LogP contribution in [0.25, 0.3) is 11.1 Å². The second kappa shape index (κ2) is 10.1. The molecular weight excluding hydrogens is 475 g/mol. The van der Waals surface area contributed by atoms with E-state index in [1.165, 1.54) is 12.1 Å². The monoisotopic (exact) mass is 500 g/mol. The van der Waals surface area contributed by atoms with Gasteiger partial charge in [0.05, 0.1) is 23.3 Å². The number of amides is 1. The number of ether oxygens (including phenoxy) is 2. The first-order chi connectivity index (χ1) is 16.6. The van der Waals surface area contributed by atoms with E-state index in [1.54, 1.807) is 49.9 Å². The summed E-state index contributed by atoms with van der Waals surface area (Å²) in [7, 11) is 0. The maximum Gasteiger partial charge on any atom is 0.410 e. The molecular formula is C25H26ClFN4O4. The van der Waals surface area contributed by atoms with Crippen LogP contribution in [-0.4, -0.2) is 47.8 Å². The van der Waals surface area contributed by atoms with E-state index in [2.05, 4.69) is 16.4 Å². The average Bonchev–Trinajstić information content (AvgIpc) is 3.10. The molecule has 1 aliphatic heterocycles. The molecule has 35 heavy (non-hydrogen) atoms. The smallest absolute Gasteiger partial charge is 0.410 e. The van der Waals surface area contributed by atoms with Crippen molar-refractivity contribution in [1.82, 2.24) is 9.88 Å². The highest BCUT2D eigenvalue weighted by Crippen LogP contribution is 2.32. The summed E-state index contributed by atoms with van der Waals surface area (Å²) in [4.78, 5) is 18.8. The van der Waals surface area contributed by atoms with Crippen LogP contribution in [-0.2, 0) is 9.47 Å². The highest BCUT2D eigenvalue weighted by molar-refractivity contribution is 6.30. The number of nitriles is 1. The van der Waals surface area contributed by atoms with Crippen LogP contribution < -0.4 is 5.32 Å². The van der Waals surface area contributed by atoms with E-state index >= 15 is 0 Å². The Hall–Kier alpha value is -3.35. The van der Waals surface area contributed by atoms with Crippen LogP contribution in [0.5, 0.6) is 0 Å². The standard InChI is InChI=1S/C25H26ClFN4O4/c1-25(2,3)35-24(32)31-9-10-33-22(15-7-8-18(26)19(27)11-15)17(14-31)13-29-23-30-21-16(12-28)5-4-6-20(21)34-23/h4-8,11,17,22H,9-10,13-14H2,1-3H3,(H,29,30)/t17-,22+/m1/s1. The number of hydrogen-bond acceptors (Lipinski definition) is 7. The summed E-state index contributed by atoms with van der Waals surface area (Å²) in [5.74, 6) is -0.855. The lowest BCUT2D eigenvalue weighted by Gasteiger charge is -2.29. The lowest BCUT2D eigenvalue weighted by atomic mass is 9.95. The van der Waals surface area contributed by atoms with Gasteiger partial charge in [0, 0.05) is 25.6 Å². The first kappa shape index (κ1) is 24.8. The lowest BCUT2D eigenvalue weighted by Crippen LogP contribution is -2.41. The summed E-state index contributed by atoms with van der Waals surface area (Å²) in [6, 6.07) is 12.0. The van der Waals surface area contributed by atoms with Crippen LogP contribution in [0.15, 0.2) is 40.8 Å². The highest BCUT2D eigenvalue weighted by atomic mass is 35.5. The average molecular weight is 501 g/mol. The van der Waals surface area contributed by atoms with E-state index in [0.717, 1.165) is 0 Å². The summed E-state index contributed by atoms with van der Waals surface area (Å²) in [6.07, 6.45) is -0.977. The Morgan fingerprint density at radius 1 is 1.37 bits per heavy atom. The van der Waals surface area contributed by atoms with Crippen LogP contribution >= 0.6 is 11.6 Å². The fraction of sp³-hybridized carbons (Fsp3) is 0.400. The molecule has 3 aromatic rings. The zero-order valence-corrected chi connectivity index (χ0v) is 20.4. The molecule has 1 N–H and O–H groups in total. The number of aromatic nitrogens is 1. The van der Waals surface area contributed by atoms with Gasteiger partial charge in [-0.1, -0.05) is 23.7 Å². The van der Waals surface area contributed by atoms with Gasteiger partial charge in [-0.3, -0.25) is 0 Å². The largest absolute Gasteiger partial charge is 0.444 e. The molecule has 8 nitrogen and oxygen atoms in total. The number of carbonyl (C=O) groups is 1. The Balaban J connectivity index is 1.59. The molecule has 1 amide bonds. The molecule has 0 aliphatic carbocycles. The number of halogens is 2. The summed E-state index contributed by atoms with van der Waals surface area (Å²) in [5, 5.41) is 12.5. The number of nitrogens with zero attached hydrogens (tertiary/aromatic N) is 3. The molecule has 1 saturated heterocycles. The summed E-state index contributed by atoms with van der Waals surface area (Å²) < 4.78 is 31.7. The Labute approximate surface area is 207 Å². The zero-order chi connectivity index (χ0) is 25.2. The SMILES string of the molecule is CC(C)(C)OC(=O)N1CCO[C@@H](c2ccc(Cl)c(F)c2)[C@H](CNc2nc3c(C#N)cccc3o2)C1. The Morgan fingerprint density at radius 3 is 2.89 bits per heavy atom. The molecule has 10 heteroatoms. The number of hydrogen-bond donors (Lipinski definition) is 1. The Bertz CT molecular complexity index is 1270. The molecule has 1 aliphatic rings. The number of carbonyl (C=O) groups excluding carboxylic acids is 1. The molecule has 184 valence electrons.